The number of hydrogen-bond donors (Lipinski definition) is 1. The monoisotopic (exact) mass is 238 g/mol. The minimum absolute atomic E-state index is 0.439. The molecule has 2 rings (SSSR count). The molecule has 1 atom stereocenters. The third kappa shape index (κ3) is 3.45. The molecule has 2 heterocycles. The van der Waals surface area contributed by atoms with Crippen molar-refractivity contribution in [2.45, 2.75) is 64.8 Å². The molecule has 1 unspecified atom stereocenters. The van der Waals surface area contributed by atoms with Crippen LogP contribution in [-0.2, 0) is 0 Å². The smallest absolute Gasteiger partial charge is 0.0306 e. The van der Waals surface area contributed by atoms with Crippen molar-refractivity contribution in [3.05, 3.63) is 0 Å². The summed E-state index contributed by atoms with van der Waals surface area (Å²) in [6, 6.07) is 0. The fraction of sp³-hybridized carbons (Fsp3) is 1.00. The van der Waals surface area contributed by atoms with Crippen LogP contribution in [0.4, 0.5) is 0 Å². The quantitative estimate of drug-likeness (QED) is 0.813. The maximum absolute atomic E-state index is 3.77. The topological polar surface area (TPSA) is 15.3 Å². The Balaban J connectivity index is 1.90. The van der Waals surface area contributed by atoms with Gasteiger partial charge in [-0.2, -0.15) is 0 Å². The lowest BCUT2D eigenvalue weighted by Gasteiger charge is -2.35. The standard InChI is InChI=1S/C15H30N2/c1-4-15(8-5-10-16-15)13-17-11-6-7-14(2,3)9-12-17/h16H,4-13H2,1-3H3. The summed E-state index contributed by atoms with van der Waals surface area (Å²) in [7, 11) is 0. The highest BCUT2D eigenvalue weighted by atomic mass is 15.2. The summed E-state index contributed by atoms with van der Waals surface area (Å²) in [4.78, 5) is 2.72. The van der Waals surface area contributed by atoms with E-state index >= 15 is 0 Å². The van der Waals surface area contributed by atoms with Gasteiger partial charge in [0.15, 0.2) is 0 Å². The molecule has 0 bridgehead atoms. The second-order valence-corrected chi connectivity index (χ2v) is 6.96. The van der Waals surface area contributed by atoms with Crippen LogP contribution in [0.25, 0.3) is 0 Å². The minimum atomic E-state index is 0.439. The highest BCUT2D eigenvalue weighted by molar-refractivity contribution is 4.95. The number of rotatable bonds is 3. The summed E-state index contributed by atoms with van der Waals surface area (Å²) in [6.45, 7) is 12.3. The van der Waals surface area contributed by atoms with Crippen molar-refractivity contribution in [1.82, 2.24) is 10.2 Å². The lowest BCUT2D eigenvalue weighted by Crippen LogP contribution is -2.49. The number of hydrogen-bond acceptors (Lipinski definition) is 2. The van der Waals surface area contributed by atoms with E-state index < -0.39 is 0 Å². The number of nitrogens with one attached hydrogen (secondary N) is 1. The zero-order valence-corrected chi connectivity index (χ0v) is 12.0. The molecule has 0 saturated carbocycles. The molecular formula is C15H30N2. The van der Waals surface area contributed by atoms with Crippen molar-refractivity contribution in [3.8, 4) is 0 Å². The molecule has 0 amide bonds. The summed E-state index contributed by atoms with van der Waals surface area (Å²) in [5.41, 5.74) is 1.01. The summed E-state index contributed by atoms with van der Waals surface area (Å²) in [6.07, 6.45) is 8.18. The zero-order chi connectivity index (χ0) is 12.4. The van der Waals surface area contributed by atoms with Gasteiger partial charge < -0.3 is 10.2 Å². The van der Waals surface area contributed by atoms with Gasteiger partial charge in [-0.25, -0.2) is 0 Å². The minimum Gasteiger partial charge on any atom is -0.310 e. The van der Waals surface area contributed by atoms with Crippen molar-refractivity contribution in [1.29, 1.82) is 0 Å². The van der Waals surface area contributed by atoms with Gasteiger partial charge in [0, 0.05) is 12.1 Å². The maximum atomic E-state index is 3.77. The highest BCUT2D eigenvalue weighted by Gasteiger charge is 2.34. The average Bonchev–Trinajstić information content (AvgIpc) is 2.68. The van der Waals surface area contributed by atoms with Crippen molar-refractivity contribution in [2.75, 3.05) is 26.2 Å². The molecule has 17 heavy (non-hydrogen) atoms. The molecular weight excluding hydrogens is 208 g/mol. The second-order valence-electron chi connectivity index (χ2n) is 6.96. The molecule has 1 N–H and O–H groups in total. The molecule has 2 fully saturated rings. The van der Waals surface area contributed by atoms with Gasteiger partial charge in [-0.3, -0.25) is 0 Å². The van der Waals surface area contributed by atoms with E-state index in [9.17, 15) is 0 Å². The third-order valence-electron chi connectivity index (χ3n) is 4.97. The molecule has 2 saturated heterocycles. The van der Waals surface area contributed by atoms with Gasteiger partial charge in [-0.15, -0.1) is 0 Å². The van der Waals surface area contributed by atoms with Crippen LogP contribution < -0.4 is 5.32 Å². The van der Waals surface area contributed by atoms with Crippen molar-refractivity contribution in [3.63, 3.8) is 0 Å². The Morgan fingerprint density at radius 1 is 1.06 bits per heavy atom. The number of likely N-dealkylation sites (tertiary alicyclic amines) is 1. The summed E-state index contributed by atoms with van der Waals surface area (Å²) in [5, 5.41) is 3.77. The normalized spacial score (nSPS) is 34.8. The van der Waals surface area contributed by atoms with Gasteiger partial charge in [-0.05, 0) is 63.6 Å². The van der Waals surface area contributed by atoms with Crippen LogP contribution in [0.5, 0.6) is 0 Å². The van der Waals surface area contributed by atoms with Gasteiger partial charge in [-0.1, -0.05) is 20.8 Å². The maximum Gasteiger partial charge on any atom is 0.0306 e. The molecule has 2 aliphatic heterocycles. The molecule has 0 aromatic rings. The first-order valence-electron chi connectivity index (χ1n) is 7.53. The molecule has 0 spiro atoms. The third-order valence-corrected chi connectivity index (χ3v) is 4.97. The van der Waals surface area contributed by atoms with Crippen molar-refractivity contribution < 1.29 is 0 Å². The van der Waals surface area contributed by atoms with Crippen molar-refractivity contribution >= 4 is 0 Å². The largest absolute Gasteiger partial charge is 0.310 e. The van der Waals surface area contributed by atoms with Crippen LogP contribution in [0.15, 0.2) is 0 Å². The molecule has 0 aliphatic carbocycles. The molecule has 2 heteroatoms. The van der Waals surface area contributed by atoms with Gasteiger partial charge in [0.25, 0.3) is 0 Å². The van der Waals surface area contributed by atoms with E-state index in [0.29, 0.717) is 11.0 Å². The first-order chi connectivity index (χ1) is 8.05. The molecule has 100 valence electrons. The van der Waals surface area contributed by atoms with Crippen molar-refractivity contribution in [2.24, 2.45) is 5.41 Å². The predicted octanol–water partition coefficient (Wildman–Crippen LogP) is 3.03. The second kappa shape index (κ2) is 5.27. The Hall–Kier alpha value is -0.0800. The fourth-order valence-corrected chi connectivity index (χ4v) is 3.48. The number of nitrogens with zero attached hydrogens (tertiary/aromatic N) is 1. The molecule has 2 nitrogen and oxygen atoms in total. The molecule has 0 aromatic heterocycles. The summed E-state index contributed by atoms with van der Waals surface area (Å²) < 4.78 is 0. The van der Waals surface area contributed by atoms with Crippen LogP contribution in [0, 0.1) is 5.41 Å². The Morgan fingerprint density at radius 2 is 1.88 bits per heavy atom. The zero-order valence-electron chi connectivity index (χ0n) is 12.0. The van der Waals surface area contributed by atoms with Gasteiger partial charge in [0.2, 0.25) is 0 Å². The first kappa shape index (κ1) is 13.4. The van der Waals surface area contributed by atoms with E-state index in [0.717, 1.165) is 0 Å². The van der Waals surface area contributed by atoms with E-state index in [2.05, 4.69) is 31.0 Å². The Kier molecular flexibility index (Phi) is 4.14. The van der Waals surface area contributed by atoms with Crippen LogP contribution in [-0.4, -0.2) is 36.6 Å². The van der Waals surface area contributed by atoms with Crippen LogP contribution in [0.3, 0.4) is 0 Å². The highest BCUT2D eigenvalue weighted by Crippen LogP contribution is 2.31. The van der Waals surface area contributed by atoms with Gasteiger partial charge in [0.1, 0.15) is 0 Å². The lowest BCUT2D eigenvalue weighted by molar-refractivity contribution is 0.187. The SMILES string of the molecule is CCC1(CN2CCCC(C)(C)CC2)CCCN1. The molecule has 0 aromatic carbocycles. The van der Waals surface area contributed by atoms with Gasteiger partial charge in [0.05, 0.1) is 0 Å². The molecule has 2 aliphatic rings. The summed E-state index contributed by atoms with van der Waals surface area (Å²) >= 11 is 0. The van der Waals surface area contributed by atoms with E-state index in [-0.39, 0.29) is 0 Å². The molecule has 0 radical (unpaired) electrons. The first-order valence-corrected chi connectivity index (χ1v) is 7.53. The van der Waals surface area contributed by atoms with E-state index in [1.165, 1.54) is 64.7 Å². The van der Waals surface area contributed by atoms with Crippen LogP contribution in [0.1, 0.15) is 59.3 Å². The lowest BCUT2D eigenvalue weighted by atomic mass is 9.85. The Bertz CT molecular complexity index is 241. The van der Waals surface area contributed by atoms with E-state index in [1.807, 2.05) is 0 Å². The van der Waals surface area contributed by atoms with Crippen LogP contribution >= 0.6 is 0 Å². The Labute approximate surface area is 107 Å². The summed E-state index contributed by atoms with van der Waals surface area (Å²) in [5.74, 6) is 0. The van der Waals surface area contributed by atoms with Gasteiger partial charge >= 0.3 is 0 Å². The fourth-order valence-electron chi connectivity index (χ4n) is 3.48. The van der Waals surface area contributed by atoms with Crippen LogP contribution in [0.2, 0.25) is 0 Å². The Morgan fingerprint density at radius 3 is 2.53 bits per heavy atom. The van der Waals surface area contributed by atoms with E-state index in [4.69, 9.17) is 0 Å². The average molecular weight is 238 g/mol. The van der Waals surface area contributed by atoms with E-state index in [1.54, 1.807) is 0 Å². The predicted molar refractivity (Wildman–Crippen MR) is 74.3 cm³/mol.